The van der Waals surface area contributed by atoms with Gasteiger partial charge in [0.2, 0.25) is 0 Å². The van der Waals surface area contributed by atoms with Gasteiger partial charge in [0.05, 0.1) is 12.7 Å². The fourth-order valence-electron chi connectivity index (χ4n) is 2.73. The molecule has 1 atom stereocenters. The summed E-state index contributed by atoms with van der Waals surface area (Å²) in [4.78, 5) is 2.36. The summed E-state index contributed by atoms with van der Waals surface area (Å²) in [6, 6.07) is 5.72. The minimum atomic E-state index is 0.0612. The number of nitrogens with one attached hydrogen (secondary N) is 1. The number of nitrogens with zero attached hydrogens (tertiary/aromatic N) is 2. The number of oxime groups is 1. The van der Waals surface area contributed by atoms with E-state index in [1.54, 1.807) is 7.11 Å². The van der Waals surface area contributed by atoms with E-state index in [4.69, 9.17) is 15.7 Å². The van der Waals surface area contributed by atoms with Gasteiger partial charge in [-0.05, 0) is 50.2 Å². The molecule has 2 rings (SSSR count). The molecule has 0 aliphatic carbocycles. The molecule has 0 bridgehead atoms. The quantitative estimate of drug-likeness (QED) is 0.313. The van der Waals surface area contributed by atoms with Gasteiger partial charge in [-0.1, -0.05) is 11.2 Å². The van der Waals surface area contributed by atoms with Crippen molar-refractivity contribution >= 4 is 5.84 Å². The summed E-state index contributed by atoms with van der Waals surface area (Å²) in [5.74, 6) is 1.38. The first-order valence-corrected chi connectivity index (χ1v) is 7.18. The van der Waals surface area contributed by atoms with Crippen LogP contribution in [-0.2, 0) is 6.54 Å². The van der Waals surface area contributed by atoms with Crippen molar-refractivity contribution in [2.75, 3.05) is 33.8 Å². The zero-order chi connectivity index (χ0) is 15.2. The van der Waals surface area contributed by atoms with Gasteiger partial charge in [0, 0.05) is 13.1 Å². The Bertz CT molecular complexity index is 504. The third kappa shape index (κ3) is 4.09. The molecule has 6 nitrogen and oxygen atoms in total. The summed E-state index contributed by atoms with van der Waals surface area (Å²) in [7, 11) is 3.73. The van der Waals surface area contributed by atoms with Crippen molar-refractivity contribution in [1.82, 2.24) is 10.2 Å². The molecule has 4 N–H and O–H groups in total. The fraction of sp³-hybridized carbons (Fsp3) is 0.533. The Morgan fingerprint density at radius 1 is 1.57 bits per heavy atom. The number of nitrogens with two attached hydrogens (primary N) is 1. The van der Waals surface area contributed by atoms with Crippen molar-refractivity contribution in [3.05, 3.63) is 29.3 Å². The second kappa shape index (κ2) is 7.28. The fourth-order valence-corrected chi connectivity index (χ4v) is 2.73. The Kier molecular flexibility index (Phi) is 5.41. The monoisotopic (exact) mass is 292 g/mol. The van der Waals surface area contributed by atoms with Gasteiger partial charge in [0.15, 0.2) is 5.84 Å². The second-order valence-electron chi connectivity index (χ2n) is 5.57. The molecule has 1 saturated heterocycles. The van der Waals surface area contributed by atoms with Crippen LogP contribution >= 0.6 is 0 Å². The predicted octanol–water partition coefficient (Wildman–Crippen LogP) is 0.831. The maximum atomic E-state index is 8.83. The van der Waals surface area contributed by atoms with E-state index >= 15 is 0 Å². The van der Waals surface area contributed by atoms with Crippen LogP contribution in [0.5, 0.6) is 5.75 Å². The minimum absolute atomic E-state index is 0.0612. The van der Waals surface area contributed by atoms with Crippen LogP contribution in [0, 0.1) is 5.92 Å². The van der Waals surface area contributed by atoms with Crippen LogP contribution < -0.4 is 15.8 Å². The number of rotatable bonds is 6. The minimum Gasteiger partial charge on any atom is -0.496 e. The van der Waals surface area contributed by atoms with Crippen LogP contribution in [0.3, 0.4) is 0 Å². The third-order valence-corrected chi connectivity index (χ3v) is 3.90. The van der Waals surface area contributed by atoms with E-state index in [-0.39, 0.29) is 5.84 Å². The summed E-state index contributed by atoms with van der Waals surface area (Å²) in [6.45, 7) is 4.11. The van der Waals surface area contributed by atoms with Crippen molar-refractivity contribution < 1.29 is 9.94 Å². The Morgan fingerprint density at radius 3 is 3.00 bits per heavy atom. The molecule has 6 heteroatoms. The highest BCUT2D eigenvalue weighted by Gasteiger charge is 2.18. The average Bonchev–Trinajstić information content (AvgIpc) is 2.91. The lowest BCUT2D eigenvalue weighted by Crippen LogP contribution is -2.25. The standard InChI is InChI=1S/C15H24N4O2/c1-19-6-5-12(10-19)9-17-8-11-3-4-14(21-2)13(7-11)15(16)18-20/h3-4,7,12,17,20H,5-6,8-10H2,1-2H3,(H2,16,18). The van der Waals surface area contributed by atoms with Crippen LogP contribution in [0.2, 0.25) is 0 Å². The van der Waals surface area contributed by atoms with E-state index in [2.05, 4.69) is 22.4 Å². The lowest BCUT2D eigenvalue weighted by atomic mass is 10.1. The van der Waals surface area contributed by atoms with Gasteiger partial charge < -0.3 is 25.9 Å². The van der Waals surface area contributed by atoms with Crippen molar-refractivity contribution in [3.63, 3.8) is 0 Å². The molecule has 0 spiro atoms. The molecular weight excluding hydrogens is 268 g/mol. The number of hydrogen-bond acceptors (Lipinski definition) is 5. The highest BCUT2D eigenvalue weighted by Crippen LogP contribution is 2.20. The molecule has 0 amide bonds. The molecule has 1 aliphatic rings. The largest absolute Gasteiger partial charge is 0.496 e. The lowest BCUT2D eigenvalue weighted by Gasteiger charge is -2.13. The Hall–Kier alpha value is -1.79. The normalized spacial score (nSPS) is 19.9. The summed E-state index contributed by atoms with van der Waals surface area (Å²) in [6.07, 6.45) is 1.25. The van der Waals surface area contributed by atoms with Crippen LogP contribution in [0.25, 0.3) is 0 Å². The van der Waals surface area contributed by atoms with E-state index in [1.165, 1.54) is 13.0 Å². The number of methoxy groups -OCH3 is 1. The third-order valence-electron chi connectivity index (χ3n) is 3.90. The van der Waals surface area contributed by atoms with Gasteiger partial charge in [-0.2, -0.15) is 0 Å². The highest BCUT2D eigenvalue weighted by molar-refractivity contribution is 5.99. The number of amidine groups is 1. The number of hydrogen-bond donors (Lipinski definition) is 3. The smallest absolute Gasteiger partial charge is 0.173 e. The molecule has 1 aromatic carbocycles. The Morgan fingerprint density at radius 2 is 2.38 bits per heavy atom. The zero-order valence-electron chi connectivity index (χ0n) is 12.7. The lowest BCUT2D eigenvalue weighted by molar-refractivity contribution is 0.318. The van der Waals surface area contributed by atoms with Gasteiger partial charge in [-0.15, -0.1) is 0 Å². The van der Waals surface area contributed by atoms with Gasteiger partial charge >= 0.3 is 0 Å². The first-order valence-electron chi connectivity index (χ1n) is 7.18. The van der Waals surface area contributed by atoms with Crippen molar-refractivity contribution in [2.45, 2.75) is 13.0 Å². The van der Waals surface area contributed by atoms with Crippen LogP contribution in [0.4, 0.5) is 0 Å². The Labute approximate surface area is 125 Å². The van der Waals surface area contributed by atoms with Crippen molar-refractivity contribution in [1.29, 1.82) is 0 Å². The molecule has 0 aromatic heterocycles. The molecule has 0 radical (unpaired) electrons. The van der Waals surface area contributed by atoms with Gasteiger partial charge in [-0.25, -0.2) is 0 Å². The summed E-state index contributed by atoms with van der Waals surface area (Å²) in [5.41, 5.74) is 7.37. The first kappa shape index (κ1) is 15.6. The topological polar surface area (TPSA) is 83.1 Å². The summed E-state index contributed by atoms with van der Waals surface area (Å²) < 4.78 is 5.22. The predicted molar refractivity (Wildman–Crippen MR) is 82.8 cm³/mol. The Balaban J connectivity index is 1.94. The van der Waals surface area contributed by atoms with Gasteiger partial charge in [0.1, 0.15) is 5.75 Å². The van der Waals surface area contributed by atoms with Gasteiger partial charge in [0.25, 0.3) is 0 Å². The summed E-state index contributed by atoms with van der Waals surface area (Å²) >= 11 is 0. The molecule has 0 saturated carbocycles. The molecule has 1 aliphatic heterocycles. The maximum Gasteiger partial charge on any atom is 0.173 e. The van der Waals surface area contributed by atoms with E-state index in [0.717, 1.165) is 31.1 Å². The molecule has 1 heterocycles. The average molecular weight is 292 g/mol. The molecule has 1 unspecified atom stereocenters. The molecule has 21 heavy (non-hydrogen) atoms. The maximum absolute atomic E-state index is 8.83. The highest BCUT2D eigenvalue weighted by atomic mass is 16.5. The van der Waals surface area contributed by atoms with Crippen LogP contribution in [-0.4, -0.2) is 49.7 Å². The SMILES string of the molecule is COc1ccc(CNCC2CCN(C)C2)cc1C(N)=NO. The van der Waals surface area contributed by atoms with E-state index in [9.17, 15) is 0 Å². The van der Waals surface area contributed by atoms with Gasteiger partial charge in [-0.3, -0.25) is 0 Å². The zero-order valence-corrected chi connectivity index (χ0v) is 12.7. The summed E-state index contributed by atoms with van der Waals surface area (Å²) in [5, 5.41) is 15.4. The van der Waals surface area contributed by atoms with E-state index < -0.39 is 0 Å². The van der Waals surface area contributed by atoms with E-state index in [1.807, 2.05) is 18.2 Å². The molecule has 1 aromatic rings. The van der Waals surface area contributed by atoms with Crippen LogP contribution in [0.15, 0.2) is 23.4 Å². The molecule has 116 valence electrons. The van der Waals surface area contributed by atoms with E-state index in [0.29, 0.717) is 11.3 Å². The number of benzene rings is 1. The second-order valence-corrected chi connectivity index (χ2v) is 5.57. The number of likely N-dealkylation sites (tertiary alicyclic amines) is 1. The van der Waals surface area contributed by atoms with Crippen LogP contribution in [0.1, 0.15) is 17.5 Å². The van der Waals surface area contributed by atoms with Crippen molar-refractivity contribution in [3.8, 4) is 5.75 Å². The molecule has 1 fully saturated rings. The van der Waals surface area contributed by atoms with Crippen molar-refractivity contribution in [2.24, 2.45) is 16.8 Å². The number of ether oxygens (including phenoxy) is 1. The first-order chi connectivity index (χ1) is 10.1. The molecular formula is C15H24N4O2.